The molecule has 0 aliphatic heterocycles. The molecule has 0 unspecified atom stereocenters. The third-order valence-electron chi connectivity index (χ3n) is 3.74. The minimum Gasteiger partial charge on any atom is -0.497 e. The number of imidazole rings is 1. The number of nitrogens with zero attached hydrogens (tertiary/aromatic N) is 2. The number of rotatable bonds is 6. The largest absolute Gasteiger partial charge is 0.497 e. The van der Waals surface area contributed by atoms with E-state index < -0.39 is 0 Å². The molecular weight excluding hydrogens is 324 g/mol. The van der Waals surface area contributed by atoms with E-state index >= 15 is 0 Å². The van der Waals surface area contributed by atoms with Crippen LogP contribution >= 0.6 is 12.4 Å². The van der Waals surface area contributed by atoms with Crippen molar-refractivity contribution >= 4 is 35.6 Å². The van der Waals surface area contributed by atoms with Crippen molar-refractivity contribution in [3.63, 3.8) is 0 Å². The van der Waals surface area contributed by atoms with Gasteiger partial charge in [-0.15, -0.1) is 12.4 Å². The molecule has 0 spiro atoms. The van der Waals surface area contributed by atoms with Crippen LogP contribution in [0, 0.1) is 0 Å². The van der Waals surface area contributed by atoms with Gasteiger partial charge >= 0.3 is 0 Å². The van der Waals surface area contributed by atoms with Gasteiger partial charge in [0.05, 0.1) is 24.8 Å². The molecular formula is C19H21ClN2O2. The topological polar surface area (TPSA) is 36.3 Å². The van der Waals surface area contributed by atoms with Crippen molar-refractivity contribution in [3.05, 3.63) is 59.9 Å². The van der Waals surface area contributed by atoms with E-state index in [0.29, 0.717) is 6.61 Å². The molecule has 126 valence electrons. The number of para-hydroxylation sites is 2. The SMILES string of the molecule is COCCn1c(/C=C/c2ccc(OC)cc2)nc2ccccc21.Cl. The Balaban J connectivity index is 0.00000208. The predicted octanol–water partition coefficient (Wildman–Crippen LogP) is 4.28. The summed E-state index contributed by atoms with van der Waals surface area (Å²) in [6, 6.07) is 16.1. The van der Waals surface area contributed by atoms with Crippen molar-refractivity contribution in [3.8, 4) is 5.75 Å². The van der Waals surface area contributed by atoms with Crippen LogP contribution in [-0.4, -0.2) is 30.4 Å². The van der Waals surface area contributed by atoms with Gasteiger partial charge in [-0.2, -0.15) is 0 Å². The standard InChI is InChI=1S/C19H20N2O2.ClH/c1-22-14-13-21-18-6-4-3-5-17(18)20-19(21)12-9-15-7-10-16(23-2)11-8-15;/h3-12H,13-14H2,1-2H3;1H/b12-9+;. The molecule has 2 aromatic carbocycles. The van der Waals surface area contributed by atoms with E-state index in [2.05, 4.69) is 16.7 Å². The molecule has 4 nitrogen and oxygen atoms in total. The van der Waals surface area contributed by atoms with E-state index in [-0.39, 0.29) is 12.4 Å². The summed E-state index contributed by atoms with van der Waals surface area (Å²) >= 11 is 0. The van der Waals surface area contributed by atoms with Crippen LogP contribution < -0.4 is 4.74 Å². The first-order chi connectivity index (χ1) is 11.3. The molecule has 0 saturated carbocycles. The molecule has 0 bridgehead atoms. The maximum atomic E-state index is 5.22. The minimum absolute atomic E-state index is 0. The van der Waals surface area contributed by atoms with Gasteiger partial charge in [0.25, 0.3) is 0 Å². The summed E-state index contributed by atoms with van der Waals surface area (Å²) in [5.41, 5.74) is 3.23. The van der Waals surface area contributed by atoms with Crippen LogP contribution in [0.25, 0.3) is 23.2 Å². The summed E-state index contributed by atoms with van der Waals surface area (Å²) in [5.74, 6) is 1.79. The lowest BCUT2D eigenvalue weighted by Gasteiger charge is -2.06. The molecule has 1 heterocycles. The lowest BCUT2D eigenvalue weighted by molar-refractivity contribution is 0.188. The van der Waals surface area contributed by atoms with Crippen LogP contribution in [0.3, 0.4) is 0 Å². The molecule has 3 rings (SSSR count). The molecule has 0 saturated heterocycles. The highest BCUT2D eigenvalue weighted by Crippen LogP contribution is 2.19. The quantitative estimate of drug-likeness (QED) is 0.669. The van der Waals surface area contributed by atoms with Gasteiger partial charge in [-0.25, -0.2) is 4.98 Å². The van der Waals surface area contributed by atoms with Gasteiger partial charge < -0.3 is 14.0 Å². The fourth-order valence-corrected chi connectivity index (χ4v) is 2.52. The van der Waals surface area contributed by atoms with E-state index in [0.717, 1.165) is 34.7 Å². The van der Waals surface area contributed by atoms with Crippen LogP contribution in [0.15, 0.2) is 48.5 Å². The van der Waals surface area contributed by atoms with Crippen LogP contribution in [0.2, 0.25) is 0 Å². The number of hydrogen-bond donors (Lipinski definition) is 0. The van der Waals surface area contributed by atoms with Gasteiger partial charge in [-0.1, -0.05) is 30.3 Å². The van der Waals surface area contributed by atoms with E-state index in [1.54, 1.807) is 14.2 Å². The molecule has 5 heteroatoms. The van der Waals surface area contributed by atoms with E-state index in [1.165, 1.54) is 0 Å². The summed E-state index contributed by atoms with van der Waals surface area (Å²) in [6.07, 6.45) is 4.10. The molecule has 1 aromatic heterocycles. The van der Waals surface area contributed by atoms with Crippen LogP contribution in [0.5, 0.6) is 5.75 Å². The highest BCUT2D eigenvalue weighted by molar-refractivity contribution is 5.85. The van der Waals surface area contributed by atoms with E-state index in [4.69, 9.17) is 14.5 Å². The van der Waals surface area contributed by atoms with E-state index in [9.17, 15) is 0 Å². The first-order valence-corrected chi connectivity index (χ1v) is 7.58. The summed E-state index contributed by atoms with van der Waals surface area (Å²) in [5, 5.41) is 0. The molecule has 0 aliphatic carbocycles. The Labute approximate surface area is 148 Å². The first kappa shape index (κ1) is 18.0. The molecule has 3 aromatic rings. The zero-order chi connectivity index (χ0) is 16.1. The molecule has 0 atom stereocenters. The zero-order valence-corrected chi connectivity index (χ0v) is 14.6. The summed E-state index contributed by atoms with van der Waals surface area (Å²) in [7, 11) is 3.38. The maximum absolute atomic E-state index is 5.22. The maximum Gasteiger partial charge on any atom is 0.133 e. The van der Waals surface area contributed by atoms with Crippen LogP contribution in [0.4, 0.5) is 0 Å². The molecule has 0 fully saturated rings. The van der Waals surface area contributed by atoms with E-state index in [1.807, 2.05) is 48.5 Å². The number of methoxy groups -OCH3 is 2. The molecule has 24 heavy (non-hydrogen) atoms. The van der Waals surface area contributed by atoms with Crippen LogP contribution in [-0.2, 0) is 11.3 Å². The summed E-state index contributed by atoms with van der Waals surface area (Å²) < 4.78 is 12.6. The second-order valence-corrected chi connectivity index (χ2v) is 5.21. The second kappa shape index (κ2) is 8.52. The average molecular weight is 345 g/mol. The lowest BCUT2D eigenvalue weighted by Crippen LogP contribution is -2.05. The number of hydrogen-bond acceptors (Lipinski definition) is 3. The Morgan fingerprint density at radius 1 is 1.00 bits per heavy atom. The molecule has 0 amide bonds. The zero-order valence-electron chi connectivity index (χ0n) is 13.8. The number of fused-ring (bicyclic) bond motifs is 1. The van der Waals surface area contributed by atoms with Crippen molar-refractivity contribution < 1.29 is 9.47 Å². The summed E-state index contributed by atoms with van der Waals surface area (Å²) in [6.45, 7) is 1.43. The predicted molar refractivity (Wildman–Crippen MR) is 101 cm³/mol. The minimum atomic E-state index is 0. The highest BCUT2D eigenvalue weighted by atomic mass is 35.5. The Hall–Kier alpha value is -2.30. The fraction of sp³-hybridized carbons (Fsp3) is 0.211. The van der Waals surface area contributed by atoms with Gasteiger partial charge in [-0.05, 0) is 35.9 Å². The van der Waals surface area contributed by atoms with Crippen molar-refractivity contribution in [1.29, 1.82) is 0 Å². The van der Waals surface area contributed by atoms with Gasteiger partial charge in [-0.3, -0.25) is 0 Å². The third kappa shape index (κ3) is 3.96. The smallest absolute Gasteiger partial charge is 0.133 e. The van der Waals surface area contributed by atoms with Crippen molar-refractivity contribution in [1.82, 2.24) is 9.55 Å². The first-order valence-electron chi connectivity index (χ1n) is 7.58. The van der Waals surface area contributed by atoms with Gasteiger partial charge in [0.1, 0.15) is 11.6 Å². The lowest BCUT2D eigenvalue weighted by atomic mass is 10.2. The third-order valence-corrected chi connectivity index (χ3v) is 3.74. The van der Waals surface area contributed by atoms with Gasteiger partial charge in [0.15, 0.2) is 0 Å². The monoisotopic (exact) mass is 344 g/mol. The van der Waals surface area contributed by atoms with Crippen LogP contribution in [0.1, 0.15) is 11.4 Å². The Morgan fingerprint density at radius 3 is 2.46 bits per heavy atom. The Bertz CT molecular complexity index is 810. The van der Waals surface area contributed by atoms with Gasteiger partial charge in [0.2, 0.25) is 0 Å². The average Bonchev–Trinajstić information content (AvgIpc) is 2.96. The van der Waals surface area contributed by atoms with Gasteiger partial charge in [0, 0.05) is 13.7 Å². The number of benzene rings is 2. The Morgan fingerprint density at radius 2 is 1.75 bits per heavy atom. The molecule has 0 N–H and O–H groups in total. The number of aromatic nitrogens is 2. The molecule has 0 radical (unpaired) electrons. The number of ether oxygens (including phenoxy) is 2. The highest BCUT2D eigenvalue weighted by Gasteiger charge is 2.07. The van der Waals surface area contributed by atoms with Crippen molar-refractivity contribution in [2.75, 3.05) is 20.8 Å². The fourth-order valence-electron chi connectivity index (χ4n) is 2.52. The van der Waals surface area contributed by atoms with Crippen molar-refractivity contribution in [2.45, 2.75) is 6.54 Å². The van der Waals surface area contributed by atoms with Crippen molar-refractivity contribution in [2.24, 2.45) is 0 Å². The normalized spacial score (nSPS) is 10.9. The number of halogens is 1. The summed E-state index contributed by atoms with van der Waals surface area (Å²) in [4.78, 5) is 4.71. The second-order valence-electron chi connectivity index (χ2n) is 5.21. The molecule has 0 aliphatic rings. The Kier molecular flexibility index (Phi) is 6.41.